The number of benzene rings is 8. The Balaban J connectivity index is 0.758. The Labute approximate surface area is 365 Å². The molecule has 0 spiro atoms. The van der Waals surface area contributed by atoms with Crippen LogP contribution in [-0.2, 0) is 0 Å². The van der Waals surface area contributed by atoms with Gasteiger partial charge >= 0.3 is 0 Å². The Morgan fingerprint density at radius 3 is 1.70 bits per heavy atom. The predicted octanol–water partition coefficient (Wildman–Crippen LogP) is 18.0. The Kier molecular flexibility index (Phi) is 7.37. The topological polar surface area (TPSA) is 13.1 Å². The van der Waals surface area contributed by atoms with Crippen LogP contribution in [-0.4, -0.2) is 0 Å². The van der Waals surface area contributed by atoms with Gasteiger partial charge in [0.2, 0.25) is 0 Å². The van der Waals surface area contributed by atoms with Crippen molar-refractivity contribution in [2.75, 3.05) is 0 Å². The Morgan fingerprint density at radius 2 is 0.883 bits per heavy atom. The molecule has 12 aromatic rings. The number of fused-ring (bicyclic) bond motifs is 19. The minimum absolute atomic E-state index is 0.515. The monoisotopic (exact) mass is 854 g/mol. The molecule has 282 valence electrons. The van der Waals surface area contributed by atoms with Gasteiger partial charge in [0.05, 0.1) is 19.9 Å². The van der Waals surface area contributed by atoms with Crippen LogP contribution in [0.3, 0.4) is 0 Å². The van der Waals surface area contributed by atoms with E-state index in [9.17, 15) is 0 Å². The van der Waals surface area contributed by atoms with Crippen LogP contribution in [0, 0.1) is 0 Å². The first-order valence-corrected chi connectivity index (χ1v) is 24.4. The Morgan fingerprint density at radius 1 is 0.367 bits per heavy atom. The third-order valence-electron chi connectivity index (χ3n) is 12.4. The molecule has 0 bridgehead atoms. The molecule has 0 N–H and O–H groups in total. The van der Waals surface area contributed by atoms with Gasteiger partial charge in [-0.05, 0) is 88.0 Å². The lowest BCUT2D eigenvalue weighted by Crippen LogP contribution is -1.91. The van der Waals surface area contributed by atoms with Gasteiger partial charge in [-0.2, -0.15) is 0 Å². The summed E-state index contributed by atoms with van der Waals surface area (Å²) in [4.78, 5) is 2.85. The standard InChI is InChI=1S/C54H30OS5/c1-3-7-44-39(5-1)51-53(56-44)41-19-15-31(27-47(41)59-51)10-9-29-13-17-33-35-21-24-38-36(49(35)55-43(33)25-29)22-23-37-34-18-14-30(26-46(34)58-50(37)38)11-12-32-16-20-42-48(28-32)60-52-40-6-2-4-8-45(40)57-54(42)52/h1-28,51,53H/b10-9+,12-11+. The maximum absolute atomic E-state index is 6.72. The molecule has 0 saturated heterocycles. The summed E-state index contributed by atoms with van der Waals surface area (Å²) in [5.74, 6) is 0. The minimum Gasteiger partial charge on any atom is -0.455 e. The van der Waals surface area contributed by atoms with Gasteiger partial charge in [-0.3, -0.25) is 0 Å². The van der Waals surface area contributed by atoms with Crippen LogP contribution in [0.2, 0.25) is 0 Å². The molecule has 2 aliphatic rings. The normalized spacial score (nSPS) is 16.4. The van der Waals surface area contributed by atoms with Crippen molar-refractivity contribution in [1.29, 1.82) is 0 Å². The summed E-state index contributed by atoms with van der Waals surface area (Å²) in [5, 5.41) is 11.1. The zero-order valence-electron chi connectivity index (χ0n) is 31.8. The van der Waals surface area contributed by atoms with Crippen molar-refractivity contribution >= 4 is 164 Å². The third kappa shape index (κ3) is 5.12. The molecule has 4 aromatic heterocycles. The van der Waals surface area contributed by atoms with E-state index >= 15 is 0 Å². The maximum atomic E-state index is 6.72. The highest BCUT2D eigenvalue weighted by Gasteiger charge is 2.41. The molecule has 2 aliphatic heterocycles. The van der Waals surface area contributed by atoms with Crippen molar-refractivity contribution in [3.8, 4) is 0 Å². The molecule has 0 aliphatic carbocycles. The molecular formula is C54H30OS5. The zero-order valence-corrected chi connectivity index (χ0v) is 35.9. The molecule has 1 nitrogen and oxygen atoms in total. The molecule has 0 fully saturated rings. The van der Waals surface area contributed by atoms with E-state index < -0.39 is 0 Å². The molecule has 0 saturated carbocycles. The SMILES string of the molecule is C(=C\c1ccc2c(c1)oc1c2ccc2c1ccc1c3ccc(/C=C/c4ccc5c(c4)sc4c6ccccc6sc54)cc3sc12)/c1ccc2c(c1)SC1c3ccccc3SC21. The molecule has 0 amide bonds. The largest absolute Gasteiger partial charge is 0.455 e. The maximum Gasteiger partial charge on any atom is 0.143 e. The first-order chi connectivity index (χ1) is 29.7. The first kappa shape index (κ1) is 34.1. The molecule has 14 rings (SSSR count). The van der Waals surface area contributed by atoms with Gasteiger partial charge in [0.1, 0.15) is 11.2 Å². The van der Waals surface area contributed by atoms with Crippen LogP contribution in [0.15, 0.2) is 160 Å². The van der Waals surface area contributed by atoms with Crippen LogP contribution in [0.1, 0.15) is 43.9 Å². The average molecular weight is 855 g/mol. The van der Waals surface area contributed by atoms with Gasteiger partial charge in [-0.15, -0.1) is 57.5 Å². The summed E-state index contributed by atoms with van der Waals surface area (Å²) < 4.78 is 14.9. The minimum atomic E-state index is 0.515. The molecule has 6 heteroatoms. The van der Waals surface area contributed by atoms with E-state index in [1.54, 1.807) is 0 Å². The van der Waals surface area contributed by atoms with Crippen molar-refractivity contribution < 1.29 is 4.42 Å². The van der Waals surface area contributed by atoms with Crippen molar-refractivity contribution in [2.45, 2.75) is 20.3 Å². The quantitative estimate of drug-likeness (QED) is 0.164. The fourth-order valence-electron chi connectivity index (χ4n) is 9.49. The number of furan rings is 1. The summed E-state index contributed by atoms with van der Waals surface area (Å²) in [5.41, 5.74) is 9.66. The molecule has 8 aromatic carbocycles. The van der Waals surface area contributed by atoms with E-state index in [-0.39, 0.29) is 0 Å². The van der Waals surface area contributed by atoms with Crippen LogP contribution < -0.4 is 0 Å². The van der Waals surface area contributed by atoms with Gasteiger partial charge < -0.3 is 4.42 Å². The molecule has 60 heavy (non-hydrogen) atoms. The lowest BCUT2D eigenvalue weighted by atomic mass is 10.0. The number of thioether (sulfide) groups is 2. The van der Waals surface area contributed by atoms with E-state index in [1.807, 2.05) is 57.5 Å². The van der Waals surface area contributed by atoms with Gasteiger partial charge in [0, 0.05) is 71.7 Å². The second-order valence-electron chi connectivity index (χ2n) is 15.9. The summed E-state index contributed by atoms with van der Waals surface area (Å²) in [6, 6.07) is 54.2. The predicted molar refractivity (Wildman–Crippen MR) is 267 cm³/mol. The van der Waals surface area contributed by atoms with Crippen molar-refractivity contribution in [1.82, 2.24) is 0 Å². The number of hydrogen-bond acceptors (Lipinski definition) is 6. The van der Waals surface area contributed by atoms with Gasteiger partial charge in [-0.25, -0.2) is 0 Å². The van der Waals surface area contributed by atoms with Crippen molar-refractivity contribution in [3.63, 3.8) is 0 Å². The average Bonchev–Trinajstić information content (AvgIpc) is 4.13. The fourth-order valence-corrected chi connectivity index (χ4v) is 16.7. The highest BCUT2D eigenvalue weighted by Crippen LogP contribution is 2.66. The Bertz CT molecular complexity index is 3870. The van der Waals surface area contributed by atoms with E-state index in [2.05, 4.69) is 170 Å². The number of rotatable bonds is 4. The summed E-state index contributed by atoms with van der Waals surface area (Å²) in [7, 11) is 0. The van der Waals surface area contributed by atoms with Crippen LogP contribution in [0.25, 0.3) is 107 Å². The fraction of sp³-hybridized carbons (Fsp3) is 0.0370. The van der Waals surface area contributed by atoms with Crippen LogP contribution in [0.5, 0.6) is 0 Å². The summed E-state index contributed by atoms with van der Waals surface area (Å²) in [6.07, 6.45) is 8.96. The molecule has 2 unspecified atom stereocenters. The lowest BCUT2D eigenvalue weighted by molar-refractivity contribution is 0.672. The summed E-state index contributed by atoms with van der Waals surface area (Å²) >= 11 is 9.75. The van der Waals surface area contributed by atoms with Crippen molar-refractivity contribution in [2.24, 2.45) is 0 Å². The van der Waals surface area contributed by atoms with E-state index in [0.717, 1.165) is 32.9 Å². The van der Waals surface area contributed by atoms with Gasteiger partial charge in [0.15, 0.2) is 0 Å². The number of thiophene rings is 3. The smallest absolute Gasteiger partial charge is 0.143 e. The highest BCUT2D eigenvalue weighted by molar-refractivity contribution is 8.05. The second kappa shape index (κ2) is 13.0. The Hall–Kier alpha value is -5.60. The molecular weight excluding hydrogens is 825 g/mol. The van der Waals surface area contributed by atoms with Gasteiger partial charge in [-0.1, -0.05) is 115 Å². The molecule has 6 heterocycles. The van der Waals surface area contributed by atoms with Crippen LogP contribution >= 0.6 is 57.5 Å². The van der Waals surface area contributed by atoms with E-state index in [1.165, 1.54) is 92.7 Å². The lowest BCUT2D eigenvalue weighted by Gasteiger charge is -2.07. The van der Waals surface area contributed by atoms with E-state index in [4.69, 9.17) is 4.42 Å². The second-order valence-corrected chi connectivity index (χ2v) is 21.4. The van der Waals surface area contributed by atoms with Gasteiger partial charge in [0.25, 0.3) is 0 Å². The summed E-state index contributed by atoms with van der Waals surface area (Å²) in [6.45, 7) is 0. The first-order valence-electron chi connectivity index (χ1n) is 20.2. The molecule has 2 atom stereocenters. The highest BCUT2D eigenvalue weighted by atomic mass is 32.2. The van der Waals surface area contributed by atoms with Crippen molar-refractivity contribution in [3.05, 3.63) is 179 Å². The zero-order chi connectivity index (χ0) is 39.1. The third-order valence-corrected chi connectivity index (χ3v) is 19.1. The van der Waals surface area contributed by atoms with E-state index in [0.29, 0.717) is 10.5 Å². The number of hydrogen-bond donors (Lipinski definition) is 0. The van der Waals surface area contributed by atoms with Crippen LogP contribution in [0.4, 0.5) is 0 Å². The molecule has 0 radical (unpaired) electrons.